The molecule has 0 radical (unpaired) electrons. The highest BCUT2D eigenvalue weighted by molar-refractivity contribution is 5.94. The van der Waals surface area contributed by atoms with Crippen molar-refractivity contribution in [2.24, 2.45) is 0 Å². The van der Waals surface area contributed by atoms with E-state index in [0.29, 0.717) is 30.6 Å². The van der Waals surface area contributed by atoms with Gasteiger partial charge < -0.3 is 15.4 Å². The lowest BCUT2D eigenvalue weighted by atomic mass is 9.92. The average Bonchev–Trinajstić information content (AvgIpc) is 2.65. The number of hydrogen-bond acceptors (Lipinski definition) is 4. The van der Waals surface area contributed by atoms with Gasteiger partial charge in [0, 0.05) is 32.1 Å². The topological polar surface area (TPSA) is 63.2 Å². The first kappa shape index (κ1) is 20.9. The number of ether oxygens (including phenoxy) is 1. The van der Waals surface area contributed by atoms with Gasteiger partial charge >= 0.3 is 0 Å². The van der Waals surface area contributed by atoms with E-state index < -0.39 is 0 Å². The zero-order valence-corrected chi connectivity index (χ0v) is 17.0. The van der Waals surface area contributed by atoms with Crippen molar-refractivity contribution in [3.63, 3.8) is 0 Å². The highest BCUT2D eigenvalue weighted by Gasteiger charge is 2.15. The molecule has 1 aromatic heterocycles. The van der Waals surface area contributed by atoms with Gasteiger partial charge in [-0.1, -0.05) is 45.9 Å². The molecular formula is C22H31N3O2. The lowest BCUT2D eigenvalue weighted by Crippen LogP contribution is -2.25. The van der Waals surface area contributed by atoms with Crippen LogP contribution in [0.2, 0.25) is 0 Å². The molecule has 0 atom stereocenters. The molecule has 0 aliphatic carbocycles. The van der Waals surface area contributed by atoms with Gasteiger partial charge in [0.05, 0.1) is 17.4 Å². The summed E-state index contributed by atoms with van der Waals surface area (Å²) in [6.07, 6.45) is 4.13. The Kier molecular flexibility index (Phi) is 7.80. The molecule has 0 saturated carbocycles. The van der Waals surface area contributed by atoms with Crippen LogP contribution < -0.4 is 10.6 Å². The van der Waals surface area contributed by atoms with Gasteiger partial charge in [0.2, 0.25) is 0 Å². The molecule has 0 unspecified atom stereocenters. The van der Waals surface area contributed by atoms with Crippen molar-refractivity contribution in [3.8, 4) is 0 Å². The quantitative estimate of drug-likeness (QED) is 0.621. The summed E-state index contributed by atoms with van der Waals surface area (Å²) in [5, 5.41) is 6.41. The van der Waals surface area contributed by atoms with E-state index in [1.807, 2.05) is 6.07 Å². The molecule has 0 aliphatic rings. The molecule has 27 heavy (non-hydrogen) atoms. The molecule has 1 heterocycles. The van der Waals surface area contributed by atoms with Crippen molar-refractivity contribution in [1.29, 1.82) is 0 Å². The maximum atomic E-state index is 12.3. The Bertz CT molecular complexity index is 731. The van der Waals surface area contributed by atoms with Gasteiger partial charge in [0.15, 0.2) is 0 Å². The lowest BCUT2D eigenvalue weighted by Gasteiger charge is -2.21. The second kappa shape index (κ2) is 10.1. The van der Waals surface area contributed by atoms with E-state index in [2.05, 4.69) is 61.5 Å². The number of benzene rings is 1. The third-order valence-electron chi connectivity index (χ3n) is 4.45. The highest BCUT2D eigenvalue weighted by Crippen LogP contribution is 2.34. The van der Waals surface area contributed by atoms with Crippen LogP contribution in [0.5, 0.6) is 0 Å². The second-order valence-electron chi connectivity index (χ2n) is 7.31. The van der Waals surface area contributed by atoms with E-state index in [0.717, 1.165) is 17.8 Å². The van der Waals surface area contributed by atoms with Crippen molar-refractivity contribution in [1.82, 2.24) is 10.3 Å². The number of nitrogens with zero attached hydrogens (tertiary/aromatic N) is 1. The van der Waals surface area contributed by atoms with Crippen LogP contribution in [-0.2, 0) is 4.74 Å². The molecule has 2 aromatic rings. The Morgan fingerprint density at radius 2 is 1.78 bits per heavy atom. The molecule has 1 amide bonds. The maximum Gasteiger partial charge on any atom is 0.252 e. The van der Waals surface area contributed by atoms with Gasteiger partial charge in [0.1, 0.15) is 0 Å². The standard InChI is InChI=1S/C22H31N3O2/c1-15(2)19-8-6-9-20(16(3)4)21(19)25-18-12-17(13-23-14-18)22(26)24-10-7-11-27-5/h6,8-9,12-16,25H,7,10-11H2,1-5H3,(H,24,26). The normalized spacial score (nSPS) is 11.1. The molecule has 0 fully saturated rings. The van der Waals surface area contributed by atoms with E-state index in [9.17, 15) is 4.79 Å². The molecule has 0 bridgehead atoms. The summed E-state index contributed by atoms with van der Waals surface area (Å²) in [6.45, 7) is 9.96. The van der Waals surface area contributed by atoms with Crippen LogP contribution in [0.25, 0.3) is 0 Å². The van der Waals surface area contributed by atoms with Crippen molar-refractivity contribution in [3.05, 3.63) is 53.3 Å². The fourth-order valence-electron chi connectivity index (χ4n) is 2.99. The van der Waals surface area contributed by atoms with Crippen LogP contribution >= 0.6 is 0 Å². The summed E-state index contributed by atoms with van der Waals surface area (Å²) in [6, 6.07) is 8.26. The lowest BCUT2D eigenvalue weighted by molar-refractivity contribution is 0.0948. The van der Waals surface area contributed by atoms with Crippen molar-refractivity contribution < 1.29 is 9.53 Å². The fraction of sp³-hybridized carbons (Fsp3) is 0.455. The largest absolute Gasteiger partial charge is 0.385 e. The molecule has 0 aliphatic heterocycles. The minimum Gasteiger partial charge on any atom is -0.385 e. The Hall–Kier alpha value is -2.40. The van der Waals surface area contributed by atoms with Gasteiger partial charge in [-0.25, -0.2) is 0 Å². The molecule has 5 heteroatoms. The number of carbonyl (C=O) groups excluding carboxylic acids is 1. The van der Waals surface area contributed by atoms with Crippen molar-refractivity contribution >= 4 is 17.3 Å². The van der Waals surface area contributed by atoms with E-state index in [-0.39, 0.29) is 5.91 Å². The molecule has 146 valence electrons. The monoisotopic (exact) mass is 369 g/mol. The first-order valence-corrected chi connectivity index (χ1v) is 9.56. The number of rotatable bonds is 9. The van der Waals surface area contributed by atoms with Crippen LogP contribution in [0.4, 0.5) is 11.4 Å². The number of amides is 1. The first-order valence-electron chi connectivity index (χ1n) is 9.56. The van der Waals surface area contributed by atoms with Crippen molar-refractivity contribution in [2.75, 3.05) is 25.6 Å². The van der Waals surface area contributed by atoms with Crippen LogP contribution in [0.1, 0.15) is 67.4 Å². The van der Waals surface area contributed by atoms with Gasteiger partial charge in [0.25, 0.3) is 5.91 Å². The van der Waals surface area contributed by atoms with Gasteiger partial charge in [-0.15, -0.1) is 0 Å². The Labute approximate surface area is 162 Å². The molecule has 0 spiro atoms. The number of nitrogens with one attached hydrogen (secondary N) is 2. The zero-order chi connectivity index (χ0) is 19.8. The van der Waals surface area contributed by atoms with Crippen LogP contribution in [-0.4, -0.2) is 31.2 Å². The molecule has 2 N–H and O–H groups in total. The zero-order valence-electron chi connectivity index (χ0n) is 17.0. The maximum absolute atomic E-state index is 12.3. The Morgan fingerprint density at radius 3 is 2.37 bits per heavy atom. The number of anilines is 2. The summed E-state index contributed by atoms with van der Waals surface area (Å²) >= 11 is 0. The minimum absolute atomic E-state index is 0.122. The number of para-hydroxylation sites is 1. The number of methoxy groups -OCH3 is 1. The summed E-state index contributed by atoms with van der Waals surface area (Å²) in [5.41, 5.74) is 4.99. The second-order valence-corrected chi connectivity index (χ2v) is 7.31. The summed E-state index contributed by atoms with van der Waals surface area (Å²) in [5.74, 6) is 0.668. The number of aromatic nitrogens is 1. The average molecular weight is 370 g/mol. The Morgan fingerprint density at radius 1 is 1.11 bits per heavy atom. The van der Waals surface area contributed by atoms with Gasteiger partial charge in [-0.05, 0) is 35.4 Å². The number of hydrogen-bond donors (Lipinski definition) is 2. The third kappa shape index (κ3) is 5.79. The number of carbonyl (C=O) groups is 1. The van der Waals surface area contributed by atoms with E-state index in [1.165, 1.54) is 11.1 Å². The van der Waals surface area contributed by atoms with E-state index in [1.54, 1.807) is 19.5 Å². The Balaban J connectivity index is 2.22. The van der Waals surface area contributed by atoms with Gasteiger partial charge in [-0.3, -0.25) is 9.78 Å². The van der Waals surface area contributed by atoms with Crippen LogP contribution in [0.15, 0.2) is 36.7 Å². The smallest absolute Gasteiger partial charge is 0.252 e. The van der Waals surface area contributed by atoms with Crippen LogP contribution in [0.3, 0.4) is 0 Å². The predicted octanol–water partition coefficient (Wildman–Crippen LogP) is 4.84. The van der Waals surface area contributed by atoms with Crippen molar-refractivity contribution in [2.45, 2.75) is 46.0 Å². The predicted molar refractivity (Wildman–Crippen MR) is 111 cm³/mol. The molecule has 1 aromatic carbocycles. The number of pyridine rings is 1. The van der Waals surface area contributed by atoms with Gasteiger partial charge in [-0.2, -0.15) is 0 Å². The third-order valence-corrected chi connectivity index (χ3v) is 4.45. The minimum atomic E-state index is -0.122. The summed E-state index contributed by atoms with van der Waals surface area (Å²) < 4.78 is 5.00. The van der Waals surface area contributed by atoms with E-state index >= 15 is 0 Å². The highest BCUT2D eigenvalue weighted by atomic mass is 16.5. The first-order chi connectivity index (χ1) is 12.9. The summed E-state index contributed by atoms with van der Waals surface area (Å²) in [4.78, 5) is 16.6. The molecule has 0 saturated heterocycles. The molecule has 2 rings (SSSR count). The SMILES string of the molecule is COCCCNC(=O)c1cncc(Nc2c(C(C)C)cccc2C(C)C)c1. The molecular weight excluding hydrogens is 338 g/mol. The summed E-state index contributed by atoms with van der Waals surface area (Å²) in [7, 11) is 1.65. The van der Waals surface area contributed by atoms with Crippen LogP contribution in [0, 0.1) is 0 Å². The fourth-order valence-corrected chi connectivity index (χ4v) is 2.99. The molecule has 5 nitrogen and oxygen atoms in total. The van der Waals surface area contributed by atoms with E-state index in [4.69, 9.17) is 4.74 Å².